The maximum atomic E-state index is 12.6. The molecule has 0 saturated carbocycles. The van der Waals surface area contributed by atoms with Gasteiger partial charge in [0.1, 0.15) is 11.3 Å². The Kier molecular flexibility index (Phi) is 7.47. The van der Waals surface area contributed by atoms with Crippen molar-refractivity contribution in [3.05, 3.63) is 76.7 Å². The summed E-state index contributed by atoms with van der Waals surface area (Å²) < 4.78 is 7.25. The molecule has 5 aromatic rings. The van der Waals surface area contributed by atoms with Gasteiger partial charge in [0, 0.05) is 31.8 Å². The number of pyridine rings is 1. The number of nitrogens with one attached hydrogen (secondary N) is 2. The summed E-state index contributed by atoms with van der Waals surface area (Å²) >= 11 is 2.86. The maximum absolute atomic E-state index is 12.6. The molecule has 0 unspecified atom stereocenters. The predicted octanol–water partition coefficient (Wildman–Crippen LogP) is 5.18. The number of benzene rings is 1. The lowest BCUT2D eigenvalue weighted by atomic mass is 10.2. The highest BCUT2D eigenvalue weighted by molar-refractivity contribution is 7.19. The van der Waals surface area contributed by atoms with Gasteiger partial charge in [0.25, 0.3) is 5.91 Å². The molecular formula is C26H27N7O2S2. The lowest BCUT2D eigenvalue weighted by molar-refractivity contribution is 0.103. The van der Waals surface area contributed by atoms with Crippen LogP contribution in [-0.4, -0.2) is 52.5 Å². The molecule has 0 atom stereocenters. The Balaban J connectivity index is 1.28. The lowest BCUT2D eigenvalue weighted by Crippen LogP contribution is -2.22. The molecule has 5 rings (SSSR count). The average Bonchev–Trinajstić information content (AvgIpc) is 3.64. The number of aromatic nitrogens is 3. The van der Waals surface area contributed by atoms with Gasteiger partial charge in [-0.1, -0.05) is 18.2 Å². The third kappa shape index (κ3) is 5.81. The van der Waals surface area contributed by atoms with E-state index in [1.165, 1.54) is 28.2 Å². The number of para-hydroxylation sites is 2. The van der Waals surface area contributed by atoms with Crippen molar-refractivity contribution in [1.29, 1.82) is 0 Å². The molecule has 0 bridgehead atoms. The molecule has 0 spiro atoms. The Labute approximate surface area is 222 Å². The smallest absolute Gasteiger partial charge is 0.265 e. The fraction of sp³-hybridized carbons (Fsp3) is 0.192. The molecule has 0 aliphatic rings. The second kappa shape index (κ2) is 11.1. The van der Waals surface area contributed by atoms with Gasteiger partial charge in [-0.15, -0.1) is 22.7 Å². The minimum Gasteiger partial charge on any atom is -0.397 e. The number of nitrogens with zero attached hydrogens (tertiary/aromatic N) is 4. The Hall–Kier alpha value is -3.77. The predicted molar refractivity (Wildman–Crippen MR) is 151 cm³/mol. The second-order valence-corrected chi connectivity index (χ2v) is 10.4. The number of amides is 1. The number of nitrogens with two attached hydrogens (primary N) is 1. The van der Waals surface area contributed by atoms with Crippen molar-refractivity contribution in [2.24, 2.45) is 0 Å². The molecule has 0 aliphatic carbocycles. The minimum atomic E-state index is -0.204. The number of methoxy groups -OCH3 is 1. The Bertz CT molecular complexity index is 1520. The summed E-state index contributed by atoms with van der Waals surface area (Å²) in [6.45, 7) is 2.37. The third-order valence-corrected chi connectivity index (χ3v) is 7.49. The zero-order valence-electron chi connectivity index (χ0n) is 20.5. The molecular weight excluding hydrogens is 506 g/mol. The number of hydrogen-bond acceptors (Lipinski definition) is 9. The molecule has 4 N–H and O–H groups in total. The van der Waals surface area contributed by atoms with Crippen molar-refractivity contribution in [3.63, 3.8) is 0 Å². The molecule has 4 heterocycles. The largest absolute Gasteiger partial charge is 0.397 e. The van der Waals surface area contributed by atoms with Crippen LogP contribution in [0.25, 0.3) is 17.0 Å². The number of nitrogen functional groups attached to an aromatic ring is 1. The fourth-order valence-electron chi connectivity index (χ4n) is 3.82. The number of carbonyl (C=O) groups is 1. The molecule has 0 fully saturated rings. The van der Waals surface area contributed by atoms with Crippen molar-refractivity contribution >= 4 is 55.7 Å². The molecule has 9 nitrogen and oxygen atoms in total. The average molecular weight is 534 g/mol. The highest BCUT2D eigenvalue weighted by Gasteiger charge is 2.14. The lowest BCUT2D eigenvalue weighted by Gasteiger charge is -2.16. The Morgan fingerprint density at radius 3 is 2.89 bits per heavy atom. The van der Waals surface area contributed by atoms with Crippen molar-refractivity contribution in [3.8, 4) is 11.4 Å². The summed E-state index contributed by atoms with van der Waals surface area (Å²) in [6, 6.07) is 15.0. The van der Waals surface area contributed by atoms with Crippen molar-refractivity contribution in [1.82, 2.24) is 19.3 Å². The van der Waals surface area contributed by atoms with E-state index >= 15 is 0 Å². The quantitative estimate of drug-likeness (QED) is 0.212. The normalized spacial score (nSPS) is 11.3. The number of ether oxygens (including phenoxy) is 1. The van der Waals surface area contributed by atoms with E-state index < -0.39 is 0 Å². The van der Waals surface area contributed by atoms with Gasteiger partial charge in [-0.2, -0.15) is 0 Å². The zero-order valence-corrected chi connectivity index (χ0v) is 22.1. The van der Waals surface area contributed by atoms with Crippen molar-refractivity contribution in [2.45, 2.75) is 6.54 Å². The van der Waals surface area contributed by atoms with E-state index in [2.05, 4.69) is 44.2 Å². The summed E-state index contributed by atoms with van der Waals surface area (Å²) in [6.07, 6.45) is 3.95. The van der Waals surface area contributed by atoms with Crippen LogP contribution in [0.3, 0.4) is 0 Å². The molecule has 11 heteroatoms. The molecule has 190 valence electrons. The number of anilines is 4. The highest BCUT2D eigenvalue weighted by Crippen LogP contribution is 2.31. The number of likely N-dealkylation sites (N-methyl/N-ethyl adjacent to an activating group) is 1. The van der Waals surface area contributed by atoms with E-state index in [0.29, 0.717) is 22.9 Å². The van der Waals surface area contributed by atoms with Crippen LogP contribution in [0.4, 0.5) is 21.5 Å². The van der Waals surface area contributed by atoms with Crippen LogP contribution >= 0.6 is 22.7 Å². The van der Waals surface area contributed by atoms with E-state index in [4.69, 9.17) is 15.5 Å². The van der Waals surface area contributed by atoms with Gasteiger partial charge in [-0.05, 0) is 42.9 Å². The molecule has 0 radical (unpaired) electrons. The topological polar surface area (TPSA) is 110 Å². The van der Waals surface area contributed by atoms with E-state index in [1.807, 2.05) is 35.8 Å². The third-order valence-electron chi connectivity index (χ3n) is 5.73. The maximum Gasteiger partial charge on any atom is 0.265 e. The SMILES string of the molecule is COCCN(C)Cc1ccc2ncc(-c3csc(Nc4ccc(C(=O)Nc5ccccc5N)s4)n3)n2c1. The number of carbonyl (C=O) groups excluding carboxylic acids is 1. The van der Waals surface area contributed by atoms with E-state index in [-0.39, 0.29) is 5.91 Å². The molecule has 1 amide bonds. The second-order valence-electron chi connectivity index (χ2n) is 8.51. The number of imidazole rings is 1. The zero-order chi connectivity index (χ0) is 25.8. The monoisotopic (exact) mass is 533 g/mol. The van der Waals surface area contributed by atoms with E-state index in [9.17, 15) is 4.79 Å². The van der Waals surface area contributed by atoms with Gasteiger partial charge in [-0.3, -0.25) is 14.1 Å². The molecule has 4 aromatic heterocycles. The van der Waals surface area contributed by atoms with Crippen LogP contribution in [0.5, 0.6) is 0 Å². The van der Waals surface area contributed by atoms with E-state index in [1.54, 1.807) is 25.3 Å². The molecule has 37 heavy (non-hydrogen) atoms. The highest BCUT2D eigenvalue weighted by atomic mass is 32.1. The van der Waals surface area contributed by atoms with Gasteiger partial charge in [0.2, 0.25) is 0 Å². The Morgan fingerprint density at radius 2 is 2.05 bits per heavy atom. The first-order valence-electron chi connectivity index (χ1n) is 11.6. The van der Waals surface area contributed by atoms with Crippen LogP contribution in [-0.2, 0) is 11.3 Å². The number of thiophene rings is 1. The van der Waals surface area contributed by atoms with Crippen LogP contribution in [0.15, 0.2) is 66.3 Å². The first-order chi connectivity index (χ1) is 18.0. The van der Waals surface area contributed by atoms with E-state index in [0.717, 1.165) is 40.3 Å². The van der Waals surface area contributed by atoms with Crippen molar-refractivity contribution < 1.29 is 9.53 Å². The summed E-state index contributed by atoms with van der Waals surface area (Å²) in [5.41, 5.74) is 10.9. The van der Waals surface area contributed by atoms with Crippen molar-refractivity contribution in [2.75, 3.05) is 43.7 Å². The molecule has 0 saturated heterocycles. The Morgan fingerprint density at radius 1 is 1.19 bits per heavy atom. The number of fused-ring (bicyclic) bond motifs is 1. The van der Waals surface area contributed by atoms with Gasteiger partial charge in [-0.25, -0.2) is 9.97 Å². The first kappa shape index (κ1) is 24.9. The summed E-state index contributed by atoms with van der Waals surface area (Å²) in [5, 5.41) is 9.74. The van der Waals surface area contributed by atoms with Gasteiger partial charge in [0.15, 0.2) is 5.13 Å². The summed E-state index contributed by atoms with van der Waals surface area (Å²) in [5.74, 6) is -0.204. The standard InChI is InChI=1S/C26H27N7O2S2/c1-32(11-12-35-2)14-17-7-9-23-28-13-21(33(23)15-17)20-16-36-26(30-20)31-24-10-8-22(37-24)25(34)29-19-6-4-3-5-18(19)27/h3-10,13,15-16H,11-12,14,27H2,1-2H3,(H,29,34)(H,30,31). The number of rotatable bonds is 10. The first-order valence-corrected chi connectivity index (χ1v) is 13.3. The van der Waals surface area contributed by atoms with Crippen LogP contribution in [0.2, 0.25) is 0 Å². The molecule has 1 aromatic carbocycles. The fourth-order valence-corrected chi connectivity index (χ4v) is 5.40. The van der Waals surface area contributed by atoms with Crippen LogP contribution < -0.4 is 16.4 Å². The number of thiazole rings is 1. The van der Waals surface area contributed by atoms with Gasteiger partial charge in [0.05, 0.1) is 39.8 Å². The number of hydrogen-bond donors (Lipinski definition) is 3. The van der Waals surface area contributed by atoms with Crippen LogP contribution in [0, 0.1) is 0 Å². The van der Waals surface area contributed by atoms with Gasteiger partial charge >= 0.3 is 0 Å². The summed E-state index contributed by atoms with van der Waals surface area (Å²) in [4.78, 5) is 24.8. The summed E-state index contributed by atoms with van der Waals surface area (Å²) in [7, 11) is 3.79. The van der Waals surface area contributed by atoms with Crippen LogP contribution in [0.1, 0.15) is 15.2 Å². The minimum absolute atomic E-state index is 0.204. The van der Waals surface area contributed by atoms with Gasteiger partial charge < -0.3 is 21.1 Å². The molecule has 0 aliphatic heterocycles.